The summed E-state index contributed by atoms with van der Waals surface area (Å²) in [5.74, 6) is -0.190. The number of carbonyl (C=O) groups is 1. The first kappa shape index (κ1) is 10.7. The predicted octanol–water partition coefficient (Wildman–Crippen LogP) is 0.842. The summed E-state index contributed by atoms with van der Waals surface area (Å²) in [4.78, 5) is 15.8. The van der Waals surface area contributed by atoms with Gasteiger partial charge in [-0.1, -0.05) is 0 Å². The number of hydrogen-bond acceptors (Lipinski definition) is 3. The van der Waals surface area contributed by atoms with Crippen molar-refractivity contribution in [1.29, 1.82) is 5.26 Å². The zero-order chi connectivity index (χ0) is 11.5. The zero-order valence-corrected chi connectivity index (χ0v) is 9.18. The molecular weight excluding hydrogens is 204 g/mol. The molecule has 1 aromatic rings. The van der Waals surface area contributed by atoms with E-state index in [0.29, 0.717) is 5.69 Å². The Labute approximate surface area is 94.1 Å². The molecule has 0 saturated heterocycles. The molecule has 1 fully saturated rings. The highest BCUT2D eigenvalue weighted by atomic mass is 16.2. The van der Waals surface area contributed by atoms with Gasteiger partial charge < -0.3 is 9.88 Å². The van der Waals surface area contributed by atoms with Gasteiger partial charge in [0.05, 0.1) is 24.5 Å². The second kappa shape index (κ2) is 4.35. The van der Waals surface area contributed by atoms with Gasteiger partial charge in [0, 0.05) is 13.1 Å². The molecule has 0 radical (unpaired) electrons. The number of aromatic nitrogens is 2. The first-order chi connectivity index (χ1) is 7.72. The quantitative estimate of drug-likeness (QED) is 0.799. The Hall–Kier alpha value is -1.83. The molecule has 1 N–H and O–H groups in total. The van der Waals surface area contributed by atoms with Crippen LogP contribution in [0.3, 0.4) is 0 Å². The van der Waals surface area contributed by atoms with Crippen LogP contribution < -0.4 is 5.32 Å². The number of carbonyl (C=O) groups excluding carboxylic acids is 1. The molecule has 1 heterocycles. The summed E-state index contributed by atoms with van der Waals surface area (Å²) in [6.07, 6.45) is 5.90. The van der Waals surface area contributed by atoms with E-state index in [-0.39, 0.29) is 17.9 Å². The molecule has 5 heteroatoms. The number of aryl methyl sites for hydroxylation is 1. The van der Waals surface area contributed by atoms with Gasteiger partial charge in [0.25, 0.3) is 5.91 Å². The van der Waals surface area contributed by atoms with E-state index in [1.807, 2.05) is 0 Å². The average molecular weight is 218 g/mol. The van der Waals surface area contributed by atoms with E-state index in [9.17, 15) is 4.79 Å². The van der Waals surface area contributed by atoms with E-state index in [1.54, 1.807) is 17.9 Å². The normalized spacial score (nSPS) is 24.0. The summed E-state index contributed by atoms with van der Waals surface area (Å²) in [5.41, 5.74) is 0.531. The van der Waals surface area contributed by atoms with Gasteiger partial charge in [-0.2, -0.15) is 5.26 Å². The lowest BCUT2D eigenvalue weighted by Crippen LogP contribution is -2.37. The second-order valence-corrected chi connectivity index (χ2v) is 4.14. The van der Waals surface area contributed by atoms with Crippen LogP contribution in [0.15, 0.2) is 12.5 Å². The lowest BCUT2D eigenvalue weighted by atomic mass is 10.1. The highest BCUT2D eigenvalue weighted by Crippen LogP contribution is 2.24. The van der Waals surface area contributed by atoms with Crippen molar-refractivity contribution < 1.29 is 4.79 Å². The van der Waals surface area contributed by atoms with Gasteiger partial charge in [-0.25, -0.2) is 4.98 Å². The Morgan fingerprint density at radius 1 is 1.69 bits per heavy atom. The second-order valence-electron chi connectivity index (χ2n) is 4.14. The molecule has 1 aromatic heterocycles. The van der Waals surface area contributed by atoms with E-state index < -0.39 is 0 Å². The third-order valence-corrected chi connectivity index (χ3v) is 3.05. The first-order valence-corrected chi connectivity index (χ1v) is 5.39. The topological polar surface area (TPSA) is 70.7 Å². The van der Waals surface area contributed by atoms with Crippen LogP contribution in [0.25, 0.3) is 0 Å². The van der Waals surface area contributed by atoms with Crippen LogP contribution in [0.1, 0.15) is 29.8 Å². The number of nitrogens with zero attached hydrogens (tertiary/aromatic N) is 3. The SMILES string of the molecule is Cn1cncc1C(=O)NC1CCCC1C#N. The fraction of sp³-hybridized carbons (Fsp3) is 0.545. The monoisotopic (exact) mass is 218 g/mol. The summed E-state index contributed by atoms with van der Waals surface area (Å²) >= 11 is 0. The maximum atomic E-state index is 11.9. The molecule has 2 atom stereocenters. The Morgan fingerprint density at radius 2 is 2.50 bits per heavy atom. The molecule has 0 aromatic carbocycles. The smallest absolute Gasteiger partial charge is 0.269 e. The van der Waals surface area contributed by atoms with Crippen molar-refractivity contribution in [2.24, 2.45) is 13.0 Å². The third kappa shape index (κ3) is 1.91. The van der Waals surface area contributed by atoms with Crippen LogP contribution in [0, 0.1) is 17.2 Å². The summed E-state index contributed by atoms with van der Waals surface area (Å²) < 4.78 is 1.67. The Kier molecular flexibility index (Phi) is 2.91. The molecule has 84 valence electrons. The van der Waals surface area contributed by atoms with Gasteiger partial charge in [-0.3, -0.25) is 4.79 Å². The molecule has 1 aliphatic carbocycles. The van der Waals surface area contributed by atoms with Crippen LogP contribution in [0.2, 0.25) is 0 Å². The number of nitrogens with one attached hydrogen (secondary N) is 1. The zero-order valence-electron chi connectivity index (χ0n) is 9.18. The van der Waals surface area contributed by atoms with Crippen LogP contribution in [0.4, 0.5) is 0 Å². The summed E-state index contributed by atoms with van der Waals surface area (Å²) in [5, 5.41) is 11.8. The predicted molar refractivity (Wildman–Crippen MR) is 57.4 cm³/mol. The van der Waals surface area contributed by atoms with Gasteiger partial charge in [-0.05, 0) is 19.3 Å². The van der Waals surface area contributed by atoms with Crippen LogP contribution >= 0.6 is 0 Å². The van der Waals surface area contributed by atoms with Crippen LogP contribution in [0.5, 0.6) is 0 Å². The molecule has 1 amide bonds. The van der Waals surface area contributed by atoms with Gasteiger partial charge in [-0.15, -0.1) is 0 Å². The number of nitriles is 1. The lowest BCUT2D eigenvalue weighted by molar-refractivity contribution is 0.0924. The molecule has 0 bridgehead atoms. The highest BCUT2D eigenvalue weighted by molar-refractivity contribution is 5.92. The summed E-state index contributed by atoms with van der Waals surface area (Å²) in [6, 6.07) is 2.24. The van der Waals surface area contributed by atoms with Gasteiger partial charge in [0.2, 0.25) is 0 Å². The van der Waals surface area contributed by atoms with E-state index in [1.165, 1.54) is 6.20 Å². The van der Waals surface area contributed by atoms with E-state index >= 15 is 0 Å². The highest BCUT2D eigenvalue weighted by Gasteiger charge is 2.29. The van der Waals surface area contributed by atoms with Gasteiger partial charge in [0.15, 0.2) is 0 Å². The Bertz CT molecular complexity index is 431. The van der Waals surface area contributed by atoms with Crippen molar-refractivity contribution in [3.05, 3.63) is 18.2 Å². The van der Waals surface area contributed by atoms with Gasteiger partial charge >= 0.3 is 0 Å². The van der Waals surface area contributed by atoms with E-state index in [2.05, 4.69) is 16.4 Å². The molecule has 0 spiro atoms. The van der Waals surface area contributed by atoms with Crippen molar-refractivity contribution in [2.45, 2.75) is 25.3 Å². The number of hydrogen-bond donors (Lipinski definition) is 1. The maximum absolute atomic E-state index is 11.9. The van der Waals surface area contributed by atoms with E-state index in [4.69, 9.17) is 5.26 Å². The third-order valence-electron chi connectivity index (χ3n) is 3.05. The van der Waals surface area contributed by atoms with Crippen LogP contribution in [-0.2, 0) is 7.05 Å². The minimum absolute atomic E-state index is 0.00704. The summed E-state index contributed by atoms with van der Waals surface area (Å²) in [6.45, 7) is 0. The van der Waals surface area contributed by atoms with Crippen molar-refractivity contribution in [1.82, 2.24) is 14.9 Å². The molecule has 2 unspecified atom stereocenters. The maximum Gasteiger partial charge on any atom is 0.269 e. The van der Waals surface area contributed by atoms with Crippen molar-refractivity contribution in [3.8, 4) is 6.07 Å². The summed E-state index contributed by atoms with van der Waals surface area (Å²) in [7, 11) is 1.78. The molecular formula is C11H14N4O. The van der Waals surface area contributed by atoms with Crippen molar-refractivity contribution in [3.63, 3.8) is 0 Å². The lowest BCUT2D eigenvalue weighted by Gasteiger charge is -2.15. The minimum Gasteiger partial charge on any atom is -0.347 e. The minimum atomic E-state index is -0.146. The van der Waals surface area contributed by atoms with Crippen molar-refractivity contribution >= 4 is 5.91 Å². The van der Waals surface area contributed by atoms with Crippen molar-refractivity contribution in [2.75, 3.05) is 0 Å². The Morgan fingerprint density at radius 3 is 3.12 bits per heavy atom. The number of rotatable bonds is 2. The molecule has 1 saturated carbocycles. The first-order valence-electron chi connectivity index (χ1n) is 5.39. The molecule has 0 aliphatic heterocycles. The van der Waals surface area contributed by atoms with E-state index in [0.717, 1.165) is 19.3 Å². The number of amides is 1. The number of imidazole rings is 1. The Balaban J connectivity index is 2.03. The standard InChI is InChI=1S/C11H14N4O/c1-15-7-13-6-10(15)11(16)14-9-4-2-3-8(9)5-12/h6-9H,2-4H2,1H3,(H,14,16). The molecule has 1 aliphatic rings. The fourth-order valence-electron chi connectivity index (χ4n) is 2.11. The van der Waals surface area contributed by atoms with Gasteiger partial charge in [0.1, 0.15) is 5.69 Å². The molecule has 2 rings (SSSR count). The van der Waals surface area contributed by atoms with Crippen LogP contribution in [-0.4, -0.2) is 21.5 Å². The fourth-order valence-corrected chi connectivity index (χ4v) is 2.11. The molecule has 16 heavy (non-hydrogen) atoms. The average Bonchev–Trinajstić information content (AvgIpc) is 2.86. The molecule has 5 nitrogen and oxygen atoms in total. The largest absolute Gasteiger partial charge is 0.347 e.